The number of nitrogens with zero attached hydrogens (tertiary/aromatic N) is 1. The molecule has 0 aliphatic heterocycles. The second-order valence-electron chi connectivity index (χ2n) is 4.54. The molecule has 98 valence electrons. The summed E-state index contributed by atoms with van der Waals surface area (Å²) in [5.41, 5.74) is 2.33. The molecule has 0 aliphatic carbocycles. The lowest BCUT2D eigenvalue weighted by atomic mass is 10.1. The van der Waals surface area contributed by atoms with Crippen LogP contribution in [0.1, 0.15) is 27.3 Å². The van der Waals surface area contributed by atoms with E-state index in [9.17, 15) is 9.59 Å². The van der Waals surface area contributed by atoms with E-state index < -0.39 is 11.5 Å². The summed E-state index contributed by atoms with van der Waals surface area (Å²) in [7, 11) is 0. The number of rotatable bonds is 2. The largest absolute Gasteiger partial charge is 0.322 e. The average Bonchev–Trinajstić information content (AvgIpc) is 2.26. The van der Waals surface area contributed by atoms with Gasteiger partial charge in [0.15, 0.2) is 0 Å². The molecular formula is C14H15N3O2. The lowest BCUT2D eigenvalue weighted by Gasteiger charge is -2.07. The van der Waals surface area contributed by atoms with Crippen molar-refractivity contribution in [2.24, 2.45) is 0 Å². The molecule has 0 atom stereocenters. The Morgan fingerprint density at radius 1 is 1.16 bits per heavy atom. The minimum atomic E-state index is -0.459. The van der Waals surface area contributed by atoms with E-state index in [0.717, 1.165) is 11.1 Å². The predicted octanol–water partition coefficient (Wildman–Crippen LogP) is 1.95. The Bertz CT molecular complexity index is 669. The molecule has 0 radical (unpaired) electrons. The molecule has 2 rings (SSSR count). The third-order valence-electron chi connectivity index (χ3n) is 2.65. The number of H-pyrrole nitrogens is 1. The van der Waals surface area contributed by atoms with Gasteiger partial charge in [-0.2, -0.15) is 0 Å². The van der Waals surface area contributed by atoms with Crippen LogP contribution in [0.25, 0.3) is 0 Å². The van der Waals surface area contributed by atoms with Crippen molar-refractivity contribution in [3.8, 4) is 0 Å². The number of carbonyl (C=O) groups is 1. The number of aryl methyl sites for hydroxylation is 3. The van der Waals surface area contributed by atoms with Gasteiger partial charge >= 0.3 is 0 Å². The number of aromatic nitrogens is 2. The molecule has 0 fully saturated rings. The van der Waals surface area contributed by atoms with Gasteiger partial charge in [0, 0.05) is 11.9 Å². The second-order valence-corrected chi connectivity index (χ2v) is 4.54. The van der Waals surface area contributed by atoms with Crippen LogP contribution in [0.3, 0.4) is 0 Å². The smallest absolute Gasteiger partial charge is 0.263 e. The van der Waals surface area contributed by atoms with Crippen molar-refractivity contribution in [2.45, 2.75) is 20.8 Å². The molecule has 0 saturated carbocycles. The van der Waals surface area contributed by atoms with Crippen molar-refractivity contribution in [1.29, 1.82) is 0 Å². The number of carbonyl (C=O) groups excluding carboxylic acids is 1. The van der Waals surface area contributed by atoms with E-state index in [1.54, 1.807) is 6.92 Å². The molecule has 0 aliphatic rings. The van der Waals surface area contributed by atoms with Crippen LogP contribution in [0.4, 0.5) is 5.69 Å². The Balaban J connectivity index is 2.28. The summed E-state index contributed by atoms with van der Waals surface area (Å²) in [4.78, 5) is 30.1. The first-order chi connectivity index (χ1) is 8.95. The van der Waals surface area contributed by atoms with Crippen molar-refractivity contribution in [3.05, 3.63) is 57.3 Å². The third-order valence-corrected chi connectivity index (χ3v) is 2.65. The maximum absolute atomic E-state index is 12.0. The van der Waals surface area contributed by atoms with Crippen LogP contribution in [0.2, 0.25) is 0 Å². The molecular weight excluding hydrogens is 242 g/mol. The number of amides is 1. The molecule has 2 aromatic rings. The van der Waals surface area contributed by atoms with Crippen molar-refractivity contribution >= 4 is 11.6 Å². The summed E-state index contributed by atoms with van der Waals surface area (Å²) in [5.74, 6) is 0.0201. The van der Waals surface area contributed by atoms with Gasteiger partial charge in [0.25, 0.3) is 11.5 Å². The summed E-state index contributed by atoms with van der Waals surface area (Å²) in [5, 5.41) is 2.70. The number of hydrogen-bond acceptors (Lipinski definition) is 3. The van der Waals surface area contributed by atoms with Gasteiger partial charge in [-0.25, -0.2) is 4.98 Å². The van der Waals surface area contributed by atoms with Gasteiger partial charge < -0.3 is 10.3 Å². The van der Waals surface area contributed by atoms with E-state index in [1.165, 1.54) is 6.20 Å². The first-order valence-electron chi connectivity index (χ1n) is 5.91. The molecule has 0 bridgehead atoms. The first kappa shape index (κ1) is 13.0. The summed E-state index contributed by atoms with van der Waals surface area (Å²) in [6.45, 7) is 5.55. The first-order valence-corrected chi connectivity index (χ1v) is 5.91. The number of anilines is 1. The molecule has 5 nitrogen and oxygen atoms in total. The molecule has 0 spiro atoms. The Kier molecular flexibility index (Phi) is 3.46. The Morgan fingerprint density at radius 2 is 1.79 bits per heavy atom. The van der Waals surface area contributed by atoms with Crippen LogP contribution in [0, 0.1) is 20.8 Å². The van der Waals surface area contributed by atoms with E-state index in [4.69, 9.17) is 0 Å². The van der Waals surface area contributed by atoms with Crippen LogP contribution in [0.5, 0.6) is 0 Å². The minimum absolute atomic E-state index is 0.00441. The van der Waals surface area contributed by atoms with Gasteiger partial charge in [-0.3, -0.25) is 9.59 Å². The minimum Gasteiger partial charge on any atom is -0.322 e. The number of nitrogens with one attached hydrogen (secondary N) is 2. The normalized spacial score (nSPS) is 10.3. The van der Waals surface area contributed by atoms with E-state index in [-0.39, 0.29) is 5.56 Å². The van der Waals surface area contributed by atoms with Crippen molar-refractivity contribution in [2.75, 3.05) is 5.32 Å². The molecule has 19 heavy (non-hydrogen) atoms. The zero-order valence-electron chi connectivity index (χ0n) is 11.1. The van der Waals surface area contributed by atoms with Crippen molar-refractivity contribution < 1.29 is 4.79 Å². The standard InChI is InChI=1S/C14H15N3O2/c1-8-4-9(2)6-11(5-8)17-14(19)12-7-15-10(3)16-13(12)18/h4-7H,1-3H3,(H,17,19)(H,15,16,18). The molecule has 1 aromatic heterocycles. The fourth-order valence-corrected chi connectivity index (χ4v) is 1.89. The quantitative estimate of drug-likeness (QED) is 0.863. The van der Waals surface area contributed by atoms with E-state index >= 15 is 0 Å². The maximum atomic E-state index is 12.0. The Morgan fingerprint density at radius 3 is 2.37 bits per heavy atom. The Labute approximate surface area is 110 Å². The number of benzene rings is 1. The van der Waals surface area contributed by atoms with Crippen LogP contribution in [0.15, 0.2) is 29.2 Å². The lowest BCUT2D eigenvalue weighted by molar-refractivity contribution is 0.102. The molecule has 1 heterocycles. The maximum Gasteiger partial charge on any atom is 0.263 e. The third kappa shape index (κ3) is 3.07. The molecule has 2 N–H and O–H groups in total. The van der Waals surface area contributed by atoms with Gasteiger partial charge in [0.05, 0.1) is 0 Å². The van der Waals surface area contributed by atoms with Crippen LogP contribution < -0.4 is 10.9 Å². The monoisotopic (exact) mass is 257 g/mol. The molecule has 5 heteroatoms. The zero-order chi connectivity index (χ0) is 14.0. The predicted molar refractivity (Wildman–Crippen MR) is 73.5 cm³/mol. The number of hydrogen-bond donors (Lipinski definition) is 2. The van der Waals surface area contributed by atoms with Gasteiger partial charge in [0.2, 0.25) is 0 Å². The SMILES string of the molecule is Cc1cc(C)cc(NC(=O)c2cnc(C)[nH]c2=O)c1. The van der Waals surface area contributed by atoms with Crippen LogP contribution in [-0.2, 0) is 0 Å². The highest BCUT2D eigenvalue weighted by molar-refractivity contribution is 6.03. The summed E-state index contributed by atoms with van der Waals surface area (Å²) < 4.78 is 0. The van der Waals surface area contributed by atoms with Gasteiger partial charge in [-0.1, -0.05) is 6.07 Å². The average molecular weight is 257 g/mol. The Hall–Kier alpha value is -2.43. The second kappa shape index (κ2) is 5.06. The highest BCUT2D eigenvalue weighted by atomic mass is 16.2. The molecule has 0 saturated heterocycles. The highest BCUT2D eigenvalue weighted by Crippen LogP contribution is 2.14. The van der Waals surface area contributed by atoms with E-state index in [1.807, 2.05) is 32.0 Å². The fourth-order valence-electron chi connectivity index (χ4n) is 1.89. The van der Waals surface area contributed by atoms with E-state index in [2.05, 4.69) is 15.3 Å². The van der Waals surface area contributed by atoms with Crippen LogP contribution >= 0.6 is 0 Å². The van der Waals surface area contributed by atoms with Crippen molar-refractivity contribution in [3.63, 3.8) is 0 Å². The molecule has 0 unspecified atom stereocenters. The fraction of sp³-hybridized carbons (Fsp3) is 0.214. The zero-order valence-corrected chi connectivity index (χ0v) is 11.1. The summed E-state index contributed by atoms with van der Waals surface area (Å²) in [6, 6.07) is 5.71. The van der Waals surface area contributed by atoms with Gasteiger partial charge in [-0.15, -0.1) is 0 Å². The summed E-state index contributed by atoms with van der Waals surface area (Å²) in [6.07, 6.45) is 1.28. The summed E-state index contributed by atoms with van der Waals surface area (Å²) >= 11 is 0. The van der Waals surface area contributed by atoms with Gasteiger partial charge in [0.1, 0.15) is 11.4 Å². The topological polar surface area (TPSA) is 74.8 Å². The lowest BCUT2D eigenvalue weighted by Crippen LogP contribution is -2.24. The van der Waals surface area contributed by atoms with Crippen LogP contribution in [-0.4, -0.2) is 15.9 Å². The molecule has 1 aromatic carbocycles. The number of aromatic amines is 1. The van der Waals surface area contributed by atoms with Gasteiger partial charge in [-0.05, 0) is 44.0 Å². The van der Waals surface area contributed by atoms with E-state index in [0.29, 0.717) is 11.5 Å². The highest BCUT2D eigenvalue weighted by Gasteiger charge is 2.11. The molecule has 1 amide bonds. The van der Waals surface area contributed by atoms with Crippen molar-refractivity contribution in [1.82, 2.24) is 9.97 Å².